The van der Waals surface area contributed by atoms with E-state index in [0.29, 0.717) is 0 Å². The average Bonchev–Trinajstić information content (AvgIpc) is 2.41. The SMILES string of the molecule is CC1(O)C(O)[C@@H](CO)O[C@H]1N/C=C\C(=N)N. The third-order valence-corrected chi connectivity index (χ3v) is 2.48. The summed E-state index contributed by atoms with van der Waals surface area (Å²) >= 11 is 0. The van der Waals surface area contributed by atoms with Crippen LogP contribution in [0.2, 0.25) is 0 Å². The summed E-state index contributed by atoms with van der Waals surface area (Å²) in [6.07, 6.45) is -0.263. The van der Waals surface area contributed by atoms with Gasteiger partial charge in [0.25, 0.3) is 0 Å². The van der Waals surface area contributed by atoms with Crippen molar-refractivity contribution in [3.05, 3.63) is 12.3 Å². The Morgan fingerprint density at radius 3 is 2.75 bits per heavy atom. The van der Waals surface area contributed by atoms with Gasteiger partial charge in [0, 0.05) is 6.20 Å². The summed E-state index contributed by atoms with van der Waals surface area (Å²) in [5.74, 6) is -0.149. The molecule has 1 heterocycles. The number of hydrogen-bond acceptors (Lipinski definition) is 6. The number of nitrogens with one attached hydrogen (secondary N) is 2. The van der Waals surface area contributed by atoms with E-state index >= 15 is 0 Å². The zero-order chi connectivity index (χ0) is 12.3. The minimum atomic E-state index is -1.52. The first-order chi connectivity index (χ1) is 7.39. The lowest BCUT2D eigenvalue weighted by Gasteiger charge is -2.26. The topological polar surface area (TPSA) is 132 Å². The van der Waals surface area contributed by atoms with Gasteiger partial charge in [-0.1, -0.05) is 0 Å². The molecule has 0 saturated carbocycles. The Morgan fingerprint density at radius 2 is 2.31 bits per heavy atom. The van der Waals surface area contributed by atoms with Gasteiger partial charge in [0.1, 0.15) is 23.6 Å². The molecular formula is C9H17N3O4. The van der Waals surface area contributed by atoms with Crippen molar-refractivity contribution in [2.75, 3.05) is 6.61 Å². The summed E-state index contributed by atoms with van der Waals surface area (Å²) in [4.78, 5) is 0. The molecule has 2 unspecified atom stereocenters. The maximum absolute atomic E-state index is 9.92. The molecule has 4 atom stereocenters. The van der Waals surface area contributed by atoms with E-state index < -0.39 is 24.0 Å². The van der Waals surface area contributed by atoms with E-state index in [1.54, 1.807) is 0 Å². The lowest BCUT2D eigenvalue weighted by molar-refractivity contribution is -0.0702. The molecule has 0 aliphatic carbocycles. The summed E-state index contributed by atoms with van der Waals surface area (Å²) in [6, 6.07) is 0. The van der Waals surface area contributed by atoms with Gasteiger partial charge in [0.2, 0.25) is 0 Å². The summed E-state index contributed by atoms with van der Waals surface area (Å²) < 4.78 is 5.20. The number of hydrogen-bond donors (Lipinski definition) is 6. The Kier molecular flexibility index (Phi) is 3.87. The molecule has 1 aliphatic heterocycles. The van der Waals surface area contributed by atoms with E-state index in [1.165, 1.54) is 19.2 Å². The molecule has 0 aromatic carbocycles. The van der Waals surface area contributed by atoms with Crippen LogP contribution in [0.15, 0.2) is 12.3 Å². The van der Waals surface area contributed by atoms with Crippen LogP contribution in [0.25, 0.3) is 0 Å². The van der Waals surface area contributed by atoms with Crippen LogP contribution in [-0.2, 0) is 4.74 Å². The normalized spacial score (nSPS) is 39.1. The van der Waals surface area contributed by atoms with Gasteiger partial charge in [-0.15, -0.1) is 0 Å². The first-order valence-electron chi connectivity index (χ1n) is 4.83. The van der Waals surface area contributed by atoms with E-state index in [0.717, 1.165) is 0 Å². The second-order valence-corrected chi connectivity index (χ2v) is 3.86. The second-order valence-electron chi connectivity index (χ2n) is 3.86. The van der Waals surface area contributed by atoms with Crippen LogP contribution in [0.3, 0.4) is 0 Å². The number of nitrogens with two attached hydrogens (primary N) is 1. The summed E-state index contributed by atoms with van der Waals surface area (Å²) in [6.45, 7) is 1.01. The summed E-state index contributed by atoms with van der Waals surface area (Å²) in [5, 5.41) is 38.0. The highest BCUT2D eigenvalue weighted by atomic mass is 16.6. The molecule has 0 bridgehead atoms. The smallest absolute Gasteiger partial charge is 0.159 e. The lowest BCUT2D eigenvalue weighted by atomic mass is 9.97. The molecule has 16 heavy (non-hydrogen) atoms. The third kappa shape index (κ3) is 2.50. The quantitative estimate of drug-likeness (QED) is 0.241. The molecule has 0 amide bonds. The Hall–Kier alpha value is -1.15. The highest BCUT2D eigenvalue weighted by Crippen LogP contribution is 2.29. The molecule has 92 valence electrons. The maximum atomic E-state index is 9.92. The minimum absolute atomic E-state index is 0.149. The van der Waals surface area contributed by atoms with Crippen LogP contribution in [-0.4, -0.2) is 51.8 Å². The van der Waals surface area contributed by atoms with Crippen molar-refractivity contribution in [2.24, 2.45) is 5.73 Å². The largest absolute Gasteiger partial charge is 0.394 e. The Labute approximate surface area is 93.0 Å². The fourth-order valence-corrected chi connectivity index (χ4v) is 1.49. The van der Waals surface area contributed by atoms with E-state index in [4.69, 9.17) is 21.0 Å². The van der Waals surface area contributed by atoms with Gasteiger partial charge in [0.15, 0.2) is 6.23 Å². The van der Waals surface area contributed by atoms with Crippen molar-refractivity contribution in [1.82, 2.24) is 5.32 Å². The zero-order valence-electron chi connectivity index (χ0n) is 8.92. The molecule has 0 aromatic rings. The minimum Gasteiger partial charge on any atom is -0.394 e. The van der Waals surface area contributed by atoms with Crippen LogP contribution < -0.4 is 11.1 Å². The molecule has 1 aliphatic rings. The van der Waals surface area contributed by atoms with Crippen molar-refractivity contribution < 1.29 is 20.1 Å². The van der Waals surface area contributed by atoms with E-state index in [1.807, 2.05) is 0 Å². The molecule has 7 heteroatoms. The molecule has 1 fully saturated rings. The lowest BCUT2D eigenvalue weighted by Crippen LogP contribution is -2.50. The summed E-state index contributed by atoms with van der Waals surface area (Å²) in [7, 11) is 0. The molecule has 1 rings (SSSR count). The molecule has 0 aromatic heterocycles. The second kappa shape index (κ2) is 4.79. The number of amidine groups is 1. The van der Waals surface area contributed by atoms with Gasteiger partial charge >= 0.3 is 0 Å². The Bertz CT molecular complexity index is 292. The fourth-order valence-electron chi connectivity index (χ4n) is 1.49. The monoisotopic (exact) mass is 231 g/mol. The predicted octanol–water partition coefficient (Wildman–Crippen LogP) is -2.15. The molecule has 7 nitrogen and oxygen atoms in total. The Morgan fingerprint density at radius 1 is 1.69 bits per heavy atom. The molecule has 0 radical (unpaired) electrons. The number of ether oxygens (including phenoxy) is 1. The maximum Gasteiger partial charge on any atom is 0.159 e. The van der Waals surface area contributed by atoms with Crippen LogP contribution >= 0.6 is 0 Å². The van der Waals surface area contributed by atoms with Crippen LogP contribution in [0.5, 0.6) is 0 Å². The zero-order valence-corrected chi connectivity index (χ0v) is 8.92. The number of rotatable bonds is 4. The third-order valence-electron chi connectivity index (χ3n) is 2.48. The molecule has 0 spiro atoms. The highest BCUT2D eigenvalue weighted by Gasteiger charge is 2.51. The highest BCUT2D eigenvalue weighted by molar-refractivity contribution is 5.88. The fraction of sp³-hybridized carbons (Fsp3) is 0.667. The average molecular weight is 231 g/mol. The molecule has 1 saturated heterocycles. The van der Waals surface area contributed by atoms with Crippen LogP contribution in [0.4, 0.5) is 0 Å². The van der Waals surface area contributed by atoms with E-state index in [9.17, 15) is 10.2 Å². The van der Waals surface area contributed by atoms with E-state index in [2.05, 4.69) is 5.32 Å². The van der Waals surface area contributed by atoms with Gasteiger partial charge in [-0.05, 0) is 13.0 Å². The van der Waals surface area contributed by atoms with Crippen molar-refractivity contribution in [2.45, 2.75) is 31.0 Å². The van der Waals surface area contributed by atoms with Crippen molar-refractivity contribution in [1.29, 1.82) is 5.41 Å². The molecule has 7 N–H and O–H groups in total. The number of aliphatic hydroxyl groups excluding tert-OH is 2. The molecular weight excluding hydrogens is 214 g/mol. The predicted molar refractivity (Wildman–Crippen MR) is 56.6 cm³/mol. The van der Waals surface area contributed by atoms with Gasteiger partial charge in [-0.3, -0.25) is 5.41 Å². The van der Waals surface area contributed by atoms with E-state index in [-0.39, 0.29) is 12.4 Å². The van der Waals surface area contributed by atoms with Crippen molar-refractivity contribution >= 4 is 5.84 Å². The first kappa shape index (κ1) is 12.9. The van der Waals surface area contributed by atoms with Gasteiger partial charge in [-0.25, -0.2) is 0 Å². The van der Waals surface area contributed by atoms with Crippen LogP contribution in [0.1, 0.15) is 6.92 Å². The summed E-state index contributed by atoms with van der Waals surface area (Å²) in [5.41, 5.74) is 3.57. The van der Waals surface area contributed by atoms with Gasteiger partial charge in [-0.2, -0.15) is 0 Å². The Balaban J connectivity index is 2.64. The van der Waals surface area contributed by atoms with Crippen molar-refractivity contribution in [3.63, 3.8) is 0 Å². The van der Waals surface area contributed by atoms with Gasteiger partial charge < -0.3 is 31.1 Å². The number of aliphatic hydroxyl groups is 3. The van der Waals surface area contributed by atoms with Crippen molar-refractivity contribution in [3.8, 4) is 0 Å². The van der Waals surface area contributed by atoms with Gasteiger partial charge in [0.05, 0.1) is 6.61 Å². The van der Waals surface area contributed by atoms with Crippen LogP contribution in [0, 0.1) is 5.41 Å². The standard InChI is InChI=1S/C9H17N3O4/c1-9(15)7(14)5(4-13)16-8(9)12-3-2-6(10)11/h2-3,5,7-8,12-15H,4H2,1H3,(H3,10,11)/b3-2-/t5-,7?,8-,9?/m1/s1. The first-order valence-corrected chi connectivity index (χ1v) is 4.83.